The lowest BCUT2D eigenvalue weighted by Crippen LogP contribution is -2.51. The second kappa shape index (κ2) is 19.1. The van der Waals surface area contributed by atoms with Crippen molar-refractivity contribution in [1.82, 2.24) is 40.4 Å². The molecule has 7 rings (SSSR count). The van der Waals surface area contributed by atoms with Crippen LogP contribution in [0.5, 0.6) is 11.5 Å². The molecule has 3 aliphatic heterocycles. The van der Waals surface area contributed by atoms with Crippen molar-refractivity contribution in [1.29, 1.82) is 0 Å². The Balaban J connectivity index is 0.00000331. The average Bonchev–Trinajstić information content (AvgIpc) is 4.07. The Hall–Kier alpha value is -5.48. The van der Waals surface area contributed by atoms with E-state index in [2.05, 4.69) is 25.6 Å². The van der Waals surface area contributed by atoms with Crippen LogP contribution in [-0.4, -0.2) is 99.9 Å². The highest BCUT2D eigenvalue weighted by molar-refractivity contribution is 5.88. The van der Waals surface area contributed by atoms with E-state index in [-0.39, 0.29) is 67.3 Å². The number of aromatic amines is 2. The smallest absolute Gasteiger partial charge is 0.407 e. The molecule has 5 heterocycles. The molecule has 0 unspecified atom stereocenters. The first-order chi connectivity index (χ1) is 27.5. The summed E-state index contributed by atoms with van der Waals surface area (Å²) in [5.74, 6) is 2.00. The van der Waals surface area contributed by atoms with Crippen LogP contribution in [0.2, 0.25) is 0 Å². The Labute approximate surface area is 355 Å². The molecule has 2 aromatic carbocycles. The zero-order chi connectivity index (χ0) is 40.4. The van der Waals surface area contributed by atoms with Crippen LogP contribution < -0.4 is 20.1 Å². The summed E-state index contributed by atoms with van der Waals surface area (Å²) < 4.78 is 21.6. The third-order valence-corrected chi connectivity index (χ3v) is 11.0. The van der Waals surface area contributed by atoms with Crippen molar-refractivity contribution < 1.29 is 38.1 Å². The van der Waals surface area contributed by atoms with Gasteiger partial charge < -0.3 is 49.3 Å². The highest BCUT2D eigenvalue weighted by Crippen LogP contribution is 2.48. The first kappa shape index (κ1) is 44.6. The van der Waals surface area contributed by atoms with Crippen LogP contribution in [0.3, 0.4) is 0 Å². The molecule has 4 amide bonds. The lowest BCUT2D eigenvalue weighted by molar-refractivity contribution is -0.136. The Kier molecular flexibility index (Phi) is 14.4. The highest BCUT2D eigenvalue weighted by atomic mass is 35.5. The van der Waals surface area contributed by atoms with E-state index in [1.54, 1.807) is 22.2 Å². The van der Waals surface area contributed by atoms with Gasteiger partial charge in [0.1, 0.15) is 23.7 Å². The van der Waals surface area contributed by atoms with Crippen molar-refractivity contribution in [3.05, 3.63) is 60.4 Å². The number of H-pyrrole nitrogens is 2. The van der Waals surface area contributed by atoms with E-state index < -0.39 is 24.3 Å². The molecule has 16 nitrogen and oxygen atoms in total. The number of imidazole rings is 2. The molecule has 59 heavy (non-hydrogen) atoms. The average molecular weight is 856 g/mol. The van der Waals surface area contributed by atoms with Gasteiger partial charge in [-0.05, 0) is 60.8 Å². The molecule has 0 radical (unpaired) electrons. The van der Waals surface area contributed by atoms with Gasteiger partial charge in [-0.2, -0.15) is 0 Å². The van der Waals surface area contributed by atoms with Gasteiger partial charge in [0.25, 0.3) is 0 Å². The minimum absolute atomic E-state index is 0. The summed E-state index contributed by atoms with van der Waals surface area (Å²) in [5, 5.41) is 5.38. The molecule has 0 saturated carbocycles. The molecule has 3 aliphatic rings. The van der Waals surface area contributed by atoms with E-state index in [0.29, 0.717) is 36.2 Å². The number of fused-ring (bicyclic) bond motifs is 1. The maximum atomic E-state index is 13.6. The van der Waals surface area contributed by atoms with E-state index in [1.807, 2.05) is 64.1 Å². The number of amides is 4. The van der Waals surface area contributed by atoms with Gasteiger partial charge in [0.05, 0.1) is 50.1 Å². The fourth-order valence-corrected chi connectivity index (χ4v) is 7.95. The number of aromatic nitrogens is 4. The summed E-state index contributed by atoms with van der Waals surface area (Å²) in [6.07, 6.45) is 5.39. The summed E-state index contributed by atoms with van der Waals surface area (Å²) in [6, 6.07) is 10.1. The number of alkyl carbamates (subject to hydrolysis) is 2. The molecule has 0 bridgehead atoms. The van der Waals surface area contributed by atoms with Gasteiger partial charge in [-0.1, -0.05) is 52.0 Å². The summed E-state index contributed by atoms with van der Waals surface area (Å²) in [6.45, 7) is 8.77. The minimum Gasteiger partial charge on any atom is -0.453 e. The predicted molar refractivity (Wildman–Crippen MR) is 223 cm³/mol. The topological polar surface area (TPSA) is 193 Å². The number of carbonyl (C=O) groups is 4. The third kappa shape index (κ3) is 9.08. The number of hydrogen-bond acceptors (Lipinski definition) is 10. The van der Waals surface area contributed by atoms with Crippen molar-refractivity contribution in [3.8, 4) is 45.1 Å². The van der Waals surface area contributed by atoms with E-state index in [0.717, 1.165) is 59.3 Å². The number of carbonyl (C=O) groups excluding carboxylic acids is 4. The number of hydrogen-bond donors (Lipinski definition) is 4. The number of halogens is 2. The van der Waals surface area contributed by atoms with E-state index in [4.69, 9.17) is 23.9 Å². The molecular weight excluding hydrogens is 803 g/mol. The van der Waals surface area contributed by atoms with Crippen molar-refractivity contribution >= 4 is 48.8 Å². The van der Waals surface area contributed by atoms with Crippen LogP contribution in [0.4, 0.5) is 9.59 Å². The summed E-state index contributed by atoms with van der Waals surface area (Å²) in [4.78, 5) is 71.0. The van der Waals surface area contributed by atoms with Gasteiger partial charge in [0, 0.05) is 24.2 Å². The van der Waals surface area contributed by atoms with Crippen LogP contribution in [0, 0.1) is 11.8 Å². The van der Waals surface area contributed by atoms with E-state index in [9.17, 15) is 19.2 Å². The van der Waals surface area contributed by atoms with Crippen molar-refractivity contribution in [2.45, 2.75) is 77.5 Å². The predicted octanol–water partition coefficient (Wildman–Crippen LogP) is 6.79. The van der Waals surface area contributed by atoms with Gasteiger partial charge in [-0.3, -0.25) is 9.59 Å². The fraction of sp³-hybridized carbons (Fsp3) is 0.463. The lowest BCUT2D eigenvalue weighted by atomic mass is 9.99. The SMILES string of the molecule is COC(=O)N[C@H](C(=O)N1CCC[C@H]1c1ncc(-c2ccc(-c3ccc(-c4cnc([C@H]5CCCN5C(=O)[C@H](NC(=O)OC)C(C)C)[nH]4)cc3)c3c2OCO3)[nH]1)C(C)C.Cl.Cl. The maximum absolute atomic E-state index is 13.6. The Morgan fingerprint density at radius 1 is 0.678 bits per heavy atom. The first-order valence-corrected chi connectivity index (χ1v) is 19.4. The van der Waals surface area contributed by atoms with Crippen LogP contribution >= 0.6 is 24.8 Å². The first-order valence-electron chi connectivity index (χ1n) is 19.4. The molecule has 318 valence electrons. The molecule has 2 fully saturated rings. The van der Waals surface area contributed by atoms with Crippen molar-refractivity contribution in [3.63, 3.8) is 0 Å². The number of methoxy groups -OCH3 is 2. The standard InChI is InChI=1S/C41H50N8O8.2ClH/c1-22(2)32(46-40(52)54-5)38(50)48-17-7-9-30(48)36-42-19-28(44-36)25-13-11-24(12-14-25)26-15-16-27(35-34(26)56-21-57-35)29-20-43-37(45-29)31-10-8-18-49(31)39(51)33(23(3)4)47-41(53)55-6;;/h11-16,19-20,22-23,30-33H,7-10,17-18,21H2,1-6H3,(H,42,44)(H,43,45)(H,46,52)(H,47,53);2*1H/t30-,31+,32-,33+;;/m1../s1. The van der Waals surface area contributed by atoms with Gasteiger partial charge in [0.15, 0.2) is 11.5 Å². The van der Waals surface area contributed by atoms with Gasteiger partial charge >= 0.3 is 12.2 Å². The molecule has 4 atom stereocenters. The summed E-state index contributed by atoms with van der Waals surface area (Å²) in [5.41, 5.74) is 5.07. The van der Waals surface area contributed by atoms with Crippen LogP contribution in [0.25, 0.3) is 33.6 Å². The Bertz CT molecular complexity index is 2120. The summed E-state index contributed by atoms with van der Waals surface area (Å²) >= 11 is 0. The van der Waals surface area contributed by atoms with Crippen LogP contribution in [0.15, 0.2) is 48.8 Å². The largest absolute Gasteiger partial charge is 0.453 e. The zero-order valence-corrected chi connectivity index (χ0v) is 35.5. The van der Waals surface area contributed by atoms with Gasteiger partial charge in [0.2, 0.25) is 18.6 Å². The van der Waals surface area contributed by atoms with E-state index in [1.165, 1.54) is 14.2 Å². The zero-order valence-electron chi connectivity index (χ0n) is 33.9. The number of ether oxygens (including phenoxy) is 4. The van der Waals surface area contributed by atoms with E-state index >= 15 is 0 Å². The number of rotatable bonds is 11. The number of nitrogens with one attached hydrogen (secondary N) is 4. The molecule has 0 aliphatic carbocycles. The second-order valence-electron chi connectivity index (χ2n) is 15.3. The summed E-state index contributed by atoms with van der Waals surface area (Å²) in [7, 11) is 2.56. The highest BCUT2D eigenvalue weighted by Gasteiger charge is 2.39. The van der Waals surface area contributed by atoms with Gasteiger partial charge in [-0.25, -0.2) is 19.6 Å². The quantitative estimate of drug-likeness (QED) is 0.125. The second-order valence-corrected chi connectivity index (χ2v) is 15.3. The molecular formula is C41H52Cl2N8O8. The Morgan fingerprint density at radius 3 is 1.61 bits per heavy atom. The molecule has 2 aromatic heterocycles. The van der Waals surface area contributed by atoms with Crippen LogP contribution in [-0.2, 0) is 19.1 Å². The number of nitrogens with zero attached hydrogens (tertiary/aromatic N) is 4. The van der Waals surface area contributed by atoms with Crippen molar-refractivity contribution in [2.75, 3.05) is 34.1 Å². The van der Waals surface area contributed by atoms with Gasteiger partial charge in [-0.15, -0.1) is 24.8 Å². The fourth-order valence-electron chi connectivity index (χ4n) is 7.95. The number of benzene rings is 2. The Morgan fingerprint density at radius 2 is 1.12 bits per heavy atom. The normalized spacial score (nSPS) is 17.9. The monoisotopic (exact) mass is 854 g/mol. The molecule has 18 heteroatoms. The number of likely N-dealkylation sites (tertiary alicyclic amines) is 2. The molecule has 4 aromatic rings. The molecule has 0 spiro atoms. The minimum atomic E-state index is -0.720. The third-order valence-electron chi connectivity index (χ3n) is 11.0. The molecule has 4 N–H and O–H groups in total. The van der Waals surface area contributed by atoms with Crippen LogP contribution in [0.1, 0.15) is 77.1 Å². The lowest BCUT2D eigenvalue weighted by Gasteiger charge is -2.30. The van der Waals surface area contributed by atoms with Crippen molar-refractivity contribution in [2.24, 2.45) is 11.8 Å². The maximum Gasteiger partial charge on any atom is 0.407 e. The molecule has 2 saturated heterocycles.